The van der Waals surface area contributed by atoms with Crippen molar-refractivity contribution in [1.29, 1.82) is 0 Å². The standard InChI is InChI=1S/C11H12ClN5O/c1-17-5-4-13-10(17)2-3-14-11(18)8-6-16-9(12)7-15-8/h4-7H,2-3H2,1H3,(H,14,18). The van der Waals surface area contributed by atoms with Crippen LogP contribution in [0.5, 0.6) is 0 Å². The highest BCUT2D eigenvalue weighted by molar-refractivity contribution is 6.29. The number of imidazole rings is 1. The Kier molecular flexibility index (Phi) is 3.88. The highest BCUT2D eigenvalue weighted by Gasteiger charge is 2.07. The molecule has 0 fully saturated rings. The molecule has 0 aliphatic rings. The lowest BCUT2D eigenvalue weighted by atomic mass is 10.3. The Labute approximate surface area is 109 Å². The minimum Gasteiger partial charge on any atom is -0.350 e. The summed E-state index contributed by atoms with van der Waals surface area (Å²) in [6.07, 6.45) is 6.94. The number of carbonyl (C=O) groups is 1. The van der Waals surface area contributed by atoms with Gasteiger partial charge in [-0.3, -0.25) is 4.79 Å². The fourth-order valence-electron chi connectivity index (χ4n) is 1.45. The van der Waals surface area contributed by atoms with Crippen LogP contribution < -0.4 is 5.32 Å². The number of aryl methyl sites for hydroxylation is 1. The molecule has 0 unspecified atom stereocenters. The first-order valence-electron chi connectivity index (χ1n) is 5.39. The molecule has 2 aromatic rings. The number of nitrogens with zero attached hydrogens (tertiary/aromatic N) is 4. The van der Waals surface area contributed by atoms with Gasteiger partial charge < -0.3 is 9.88 Å². The van der Waals surface area contributed by atoms with Crippen LogP contribution in [0.2, 0.25) is 5.15 Å². The number of carbonyl (C=O) groups excluding carboxylic acids is 1. The minimum atomic E-state index is -0.270. The zero-order valence-corrected chi connectivity index (χ0v) is 10.6. The maximum atomic E-state index is 11.7. The molecule has 0 saturated heterocycles. The van der Waals surface area contributed by atoms with Crippen LogP contribution in [0.3, 0.4) is 0 Å². The quantitative estimate of drug-likeness (QED) is 0.889. The number of amides is 1. The third kappa shape index (κ3) is 3.04. The molecule has 2 rings (SSSR count). The van der Waals surface area contributed by atoms with Crippen LogP contribution in [0.15, 0.2) is 24.8 Å². The predicted molar refractivity (Wildman–Crippen MR) is 66.3 cm³/mol. The normalized spacial score (nSPS) is 10.3. The molecule has 0 aliphatic heterocycles. The van der Waals surface area contributed by atoms with Crippen molar-refractivity contribution in [2.45, 2.75) is 6.42 Å². The highest BCUT2D eigenvalue weighted by Crippen LogP contribution is 2.01. The summed E-state index contributed by atoms with van der Waals surface area (Å²) in [6.45, 7) is 0.494. The Morgan fingerprint density at radius 2 is 2.22 bits per heavy atom. The third-order valence-electron chi connectivity index (χ3n) is 2.41. The van der Waals surface area contributed by atoms with Crippen LogP contribution in [0.25, 0.3) is 0 Å². The zero-order chi connectivity index (χ0) is 13.0. The molecule has 2 aromatic heterocycles. The lowest BCUT2D eigenvalue weighted by molar-refractivity contribution is 0.0948. The van der Waals surface area contributed by atoms with E-state index in [1.807, 2.05) is 17.8 Å². The van der Waals surface area contributed by atoms with Crippen LogP contribution in [0.1, 0.15) is 16.3 Å². The monoisotopic (exact) mass is 265 g/mol. The van der Waals surface area contributed by atoms with Gasteiger partial charge in [0.2, 0.25) is 0 Å². The molecule has 0 spiro atoms. The van der Waals surface area contributed by atoms with Crippen molar-refractivity contribution in [3.63, 3.8) is 0 Å². The number of nitrogens with one attached hydrogen (secondary N) is 1. The maximum Gasteiger partial charge on any atom is 0.271 e. The molecule has 2 heterocycles. The number of aromatic nitrogens is 4. The van der Waals surface area contributed by atoms with E-state index in [-0.39, 0.29) is 16.8 Å². The molecule has 6 nitrogen and oxygen atoms in total. The summed E-state index contributed by atoms with van der Waals surface area (Å²) in [5, 5.41) is 3.01. The summed E-state index contributed by atoms with van der Waals surface area (Å²) in [4.78, 5) is 23.5. The van der Waals surface area contributed by atoms with Crippen LogP contribution >= 0.6 is 11.6 Å². The molecule has 0 radical (unpaired) electrons. The molecular formula is C11H12ClN5O. The van der Waals surface area contributed by atoms with E-state index in [0.29, 0.717) is 13.0 Å². The molecule has 1 N–H and O–H groups in total. The Morgan fingerprint density at radius 3 is 2.83 bits per heavy atom. The summed E-state index contributed by atoms with van der Waals surface area (Å²) in [6, 6.07) is 0. The first-order chi connectivity index (χ1) is 8.66. The molecule has 94 valence electrons. The second kappa shape index (κ2) is 5.59. The van der Waals surface area contributed by atoms with Crippen molar-refractivity contribution in [3.05, 3.63) is 41.5 Å². The molecule has 0 atom stereocenters. The largest absolute Gasteiger partial charge is 0.350 e. The van der Waals surface area contributed by atoms with Gasteiger partial charge in [0.1, 0.15) is 16.7 Å². The zero-order valence-electron chi connectivity index (χ0n) is 9.80. The van der Waals surface area contributed by atoms with Gasteiger partial charge in [0, 0.05) is 32.4 Å². The van der Waals surface area contributed by atoms with E-state index < -0.39 is 0 Å². The minimum absolute atomic E-state index is 0.249. The summed E-state index contributed by atoms with van der Waals surface area (Å²) in [5.74, 6) is 0.644. The summed E-state index contributed by atoms with van der Waals surface area (Å²) in [7, 11) is 1.91. The number of halogens is 1. The van der Waals surface area contributed by atoms with Gasteiger partial charge in [0.05, 0.1) is 12.4 Å². The Balaban J connectivity index is 1.85. The van der Waals surface area contributed by atoms with E-state index in [4.69, 9.17) is 11.6 Å². The van der Waals surface area contributed by atoms with Crippen LogP contribution in [-0.4, -0.2) is 32.0 Å². The topological polar surface area (TPSA) is 72.7 Å². The van der Waals surface area contributed by atoms with Gasteiger partial charge >= 0.3 is 0 Å². The number of hydrogen-bond donors (Lipinski definition) is 1. The molecule has 0 aromatic carbocycles. The molecule has 7 heteroatoms. The van der Waals surface area contributed by atoms with Crippen molar-refractivity contribution >= 4 is 17.5 Å². The molecule has 0 aliphatic carbocycles. The van der Waals surface area contributed by atoms with Crippen LogP contribution in [0.4, 0.5) is 0 Å². The van der Waals surface area contributed by atoms with Crippen molar-refractivity contribution in [3.8, 4) is 0 Å². The highest BCUT2D eigenvalue weighted by atomic mass is 35.5. The second-order valence-corrected chi connectivity index (χ2v) is 4.07. The molecule has 1 amide bonds. The summed E-state index contributed by atoms with van der Waals surface area (Å²) < 4.78 is 1.91. The van der Waals surface area contributed by atoms with Crippen LogP contribution in [-0.2, 0) is 13.5 Å². The van der Waals surface area contributed by atoms with E-state index in [9.17, 15) is 4.79 Å². The van der Waals surface area contributed by atoms with Gasteiger partial charge in [0.15, 0.2) is 0 Å². The average molecular weight is 266 g/mol. The maximum absolute atomic E-state index is 11.7. The van der Waals surface area contributed by atoms with Crippen molar-refractivity contribution in [2.24, 2.45) is 7.05 Å². The van der Waals surface area contributed by atoms with Gasteiger partial charge in [-0.05, 0) is 0 Å². The fourth-order valence-corrected chi connectivity index (χ4v) is 1.54. The van der Waals surface area contributed by atoms with Gasteiger partial charge in [-0.1, -0.05) is 11.6 Å². The van der Waals surface area contributed by atoms with E-state index in [0.717, 1.165) is 5.82 Å². The fraction of sp³-hybridized carbons (Fsp3) is 0.273. The number of rotatable bonds is 4. The lowest BCUT2D eigenvalue weighted by Gasteiger charge is -2.04. The molecule has 0 bridgehead atoms. The van der Waals surface area contributed by atoms with Crippen molar-refractivity contribution < 1.29 is 4.79 Å². The van der Waals surface area contributed by atoms with E-state index >= 15 is 0 Å². The van der Waals surface area contributed by atoms with E-state index in [1.54, 1.807) is 6.20 Å². The Hall–Kier alpha value is -1.95. The van der Waals surface area contributed by atoms with Gasteiger partial charge in [-0.15, -0.1) is 0 Å². The molecule has 0 saturated carbocycles. The van der Waals surface area contributed by atoms with Gasteiger partial charge in [-0.25, -0.2) is 15.0 Å². The summed E-state index contributed by atoms with van der Waals surface area (Å²) >= 11 is 5.59. The first kappa shape index (κ1) is 12.5. The Bertz CT molecular complexity index is 537. The molecule has 18 heavy (non-hydrogen) atoms. The van der Waals surface area contributed by atoms with Crippen LogP contribution in [0, 0.1) is 0 Å². The number of hydrogen-bond acceptors (Lipinski definition) is 4. The smallest absolute Gasteiger partial charge is 0.271 e. The van der Waals surface area contributed by atoms with Gasteiger partial charge in [0.25, 0.3) is 5.91 Å². The van der Waals surface area contributed by atoms with E-state index in [1.165, 1.54) is 12.4 Å². The van der Waals surface area contributed by atoms with Crippen molar-refractivity contribution in [1.82, 2.24) is 24.8 Å². The van der Waals surface area contributed by atoms with E-state index in [2.05, 4.69) is 20.3 Å². The Morgan fingerprint density at radius 1 is 1.39 bits per heavy atom. The van der Waals surface area contributed by atoms with Crippen molar-refractivity contribution in [2.75, 3.05) is 6.54 Å². The first-order valence-corrected chi connectivity index (χ1v) is 5.76. The summed E-state index contributed by atoms with van der Waals surface area (Å²) in [5.41, 5.74) is 0.249. The molecular weight excluding hydrogens is 254 g/mol. The second-order valence-electron chi connectivity index (χ2n) is 3.68. The predicted octanol–water partition coefficient (Wildman–Crippen LogP) is 0.836. The lowest BCUT2D eigenvalue weighted by Crippen LogP contribution is -2.27. The SMILES string of the molecule is Cn1ccnc1CCNC(=O)c1cnc(Cl)cn1. The average Bonchev–Trinajstić information content (AvgIpc) is 2.76. The van der Waals surface area contributed by atoms with Gasteiger partial charge in [-0.2, -0.15) is 0 Å². The third-order valence-corrected chi connectivity index (χ3v) is 2.60.